The number of hydrogen-bond donors (Lipinski definition) is 1. The number of halogens is 1. The predicted octanol–water partition coefficient (Wildman–Crippen LogP) is 5.59. The number of anilines is 1. The van der Waals surface area contributed by atoms with Gasteiger partial charge >= 0.3 is 0 Å². The van der Waals surface area contributed by atoms with Crippen LogP contribution in [0.15, 0.2) is 76.8 Å². The van der Waals surface area contributed by atoms with Crippen molar-refractivity contribution in [2.24, 2.45) is 0 Å². The summed E-state index contributed by atoms with van der Waals surface area (Å²) in [4.78, 5) is 12.7. The monoisotopic (exact) mass is 492 g/mol. The summed E-state index contributed by atoms with van der Waals surface area (Å²) in [6, 6.07) is 21.7. The van der Waals surface area contributed by atoms with E-state index < -0.39 is 5.91 Å². The van der Waals surface area contributed by atoms with Crippen molar-refractivity contribution in [2.45, 2.75) is 6.61 Å². The molecule has 3 aromatic carbocycles. The highest BCUT2D eigenvalue weighted by atomic mass is 79.9. The second kappa shape index (κ2) is 11.0. The number of ether oxygens (including phenoxy) is 3. The molecule has 6 nitrogen and oxygen atoms in total. The molecule has 0 unspecified atom stereocenters. The number of nitrogens with one attached hydrogen (secondary N) is 1. The third-order valence-electron chi connectivity index (χ3n) is 4.57. The van der Waals surface area contributed by atoms with Crippen LogP contribution in [0.3, 0.4) is 0 Å². The molecule has 0 aromatic heterocycles. The van der Waals surface area contributed by atoms with Crippen LogP contribution in [0.25, 0.3) is 6.08 Å². The highest BCUT2D eigenvalue weighted by Gasteiger charge is 2.13. The molecule has 0 aliphatic rings. The number of amides is 1. The fraction of sp³-hybridized carbons (Fsp3) is 0.120. The van der Waals surface area contributed by atoms with E-state index in [1.807, 2.05) is 30.3 Å². The first kappa shape index (κ1) is 22.9. The number of rotatable bonds is 8. The first-order valence-electron chi connectivity index (χ1n) is 9.65. The maximum atomic E-state index is 12.7. The third kappa shape index (κ3) is 5.90. The average molecular weight is 493 g/mol. The molecule has 0 saturated heterocycles. The lowest BCUT2D eigenvalue weighted by atomic mass is 10.1. The standard InChI is InChI=1S/C25H21BrN2O4/c1-30-21-11-8-20(9-12-21)28-25(29)19(15-27)13-17-7-10-22(31-2)14-24(17)32-16-18-5-3-4-6-23(18)26/h3-14H,16H2,1-2H3,(H,28,29)/b19-13+. The van der Waals surface area contributed by atoms with E-state index in [1.165, 1.54) is 6.08 Å². The molecule has 0 saturated carbocycles. The number of nitriles is 1. The summed E-state index contributed by atoms with van der Waals surface area (Å²) in [7, 11) is 3.13. The smallest absolute Gasteiger partial charge is 0.266 e. The van der Waals surface area contributed by atoms with Crippen molar-refractivity contribution in [2.75, 3.05) is 19.5 Å². The topological polar surface area (TPSA) is 80.6 Å². The maximum Gasteiger partial charge on any atom is 0.266 e. The first-order valence-corrected chi connectivity index (χ1v) is 10.4. The Balaban J connectivity index is 1.84. The Morgan fingerprint density at radius 2 is 1.72 bits per heavy atom. The van der Waals surface area contributed by atoms with Gasteiger partial charge in [-0.1, -0.05) is 34.1 Å². The number of carbonyl (C=O) groups excluding carboxylic acids is 1. The van der Waals surface area contributed by atoms with Gasteiger partial charge in [-0.3, -0.25) is 4.79 Å². The van der Waals surface area contributed by atoms with Crippen molar-refractivity contribution in [3.8, 4) is 23.3 Å². The number of hydrogen-bond acceptors (Lipinski definition) is 5. The van der Waals surface area contributed by atoms with Crippen LogP contribution in [-0.4, -0.2) is 20.1 Å². The molecular formula is C25H21BrN2O4. The zero-order valence-electron chi connectivity index (χ0n) is 17.6. The van der Waals surface area contributed by atoms with Crippen LogP contribution in [0.4, 0.5) is 5.69 Å². The molecule has 162 valence electrons. The van der Waals surface area contributed by atoms with E-state index in [9.17, 15) is 10.1 Å². The Morgan fingerprint density at radius 3 is 2.38 bits per heavy atom. The van der Waals surface area contributed by atoms with Crippen LogP contribution in [0, 0.1) is 11.3 Å². The van der Waals surface area contributed by atoms with Crippen molar-refractivity contribution in [1.29, 1.82) is 5.26 Å². The van der Waals surface area contributed by atoms with E-state index in [4.69, 9.17) is 14.2 Å². The van der Waals surface area contributed by atoms with Gasteiger partial charge in [0.1, 0.15) is 35.5 Å². The summed E-state index contributed by atoms with van der Waals surface area (Å²) in [6.45, 7) is 0.301. The van der Waals surface area contributed by atoms with E-state index in [0.717, 1.165) is 10.0 Å². The van der Waals surface area contributed by atoms with Gasteiger partial charge in [-0.15, -0.1) is 0 Å². The number of benzene rings is 3. The molecule has 32 heavy (non-hydrogen) atoms. The normalized spacial score (nSPS) is 10.8. The zero-order chi connectivity index (χ0) is 22.9. The maximum absolute atomic E-state index is 12.7. The van der Waals surface area contributed by atoms with Crippen LogP contribution in [0.5, 0.6) is 17.2 Å². The highest BCUT2D eigenvalue weighted by Crippen LogP contribution is 2.29. The molecule has 0 aliphatic carbocycles. The van der Waals surface area contributed by atoms with Crippen LogP contribution in [0.2, 0.25) is 0 Å². The van der Waals surface area contributed by atoms with Crippen molar-refractivity contribution >= 4 is 33.6 Å². The van der Waals surface area contributed by atoms with Crippen molar-refractivity contribution in [1.82, 2.24) is 0 Å². The minimum absolute atomic E-state index is 0.0586. The van der Waals surface area contributed by atoms with Gasteiger partial charge in [-0.2, -0.15) is 5.26 Å². The van der Waals surface area contributed by atoms with Crippen LogP contribution < -0.4 is 19.5 Å². The summed E-state index contributed by atoms with van der Waals surface area (Å²) < 4.78 is 17.3. The fourth-order valence-corrected chi connectivity index (χ4v) is 3.23. The summed E-state index contributed by atoms with van der Waals surface area (Å²) in [5, 5.41) is 12.3. The van der Waals surface area contributed by atoms with Crippen LogP contribution >= 0.6 is 15.9 Å². The van der Waals surface area contributed by atoms with E-state index in [2.05, 4.69) is 21.2 Å². The minimum Gasteiger partial charge on any atom is -0.497 e. The molecule has 0 heterocycles. The van der Waals surface area contributed by atoms with Gasteiger partial charge in [0.2, 0.25) is 0 Å². The van der Waals surface area contributed by atoms with E-state index in [0.29, 0.717) is 35.1 Å². The number of carbonyl (C=O) groups is 1. The second-order valence-corrected chi connectivity index (χ2v) is 7.49. The van der Waals surface area contributed by atoms with Gasteiger partial charge in [-0.05, 0) is 48.5 Å². The largest absolute Gasteiger partial charge is 0.497 e. The molecule has 3 rings (SSSR count). The van der Waals surface area contributed by atoms with Gasteiger partial charge in [-0.25, -0.2) is 0 Å². The molecule has 3 aromatic rings. The van der Waals surface area contributed by atoms with Crippen molar-refractivity contribution in [3.63, 3.8) is 0 Å². The summed E-state index contributed by atoms with van der Waals surface area (Å²) in [5.41, 5.74) is 2.04. The Kier molecular flexibility index (Phi) is 7.90. The molecule has 1 N–H and O–H groups in total. The number of methoxy groups -OCH3 is 2. The predicted molar refractivity (Wildman–Crippen MR) is 127 cm³/mol. The number of nitrogens with zero attached hydrogens (tertiary/aromatic N) is 1. The Hall–Kier alpha value is -3.76. The lowest BCUT2D eigenvalue weighted by molar-refractivity contribution is -0.112. The second-order valence-electron chi connectivity index (χ2n) is 6.64. The lowest BCUT2D eigenvalue weighted by Crippen LogP contribution is -2.13. The molecule has 0 bridgehead atoms. The molecule has 0 atom stereocenters. The Bertz CT molecular complexity index is 1170. The quantitative estimate of drug-likeness (QED) is 0.327. The highest BCUT2D eigenvalue weighted by molar-refractivity contribution is 9.10. The van der Waals surface area contributed by atoms with E-state index in [1.54, 1.807) is 56.7 Å². The van der Waals surface area contributed by atoms with Gasteiger partial charge in [0.05, 0.1) is 14.2 Å². The van der Waals surface area contributed by atoms with Crippen LogP contribution in [-0.2, 0) is 11.4 Å². The van der Waals surface area contributed by atoms with Gasteiger partial charge in [0.25, 0.3) is 5.91 Å². The van der Waals surface area contributed by atoms with E-state index in [-0.39, 0.29) is 5.57 Å². The summed E-state index contributed by atoms with van der Waals surface area (Å²) >= 11 is 3.51. The van der Waals surface area contributed by atoms with Gasteiger partial charge in [0, 0.05) is 27.4 Å². The molecule has 0 aliphatic heterocycles. The van der Waals surface area contributed by atoms with Crippen molar-refractivity contribution < 1.29 is 19.0 Å². The molecule has 0 spiro atoms. The fourth-order valence-electron chi connectivity index (χ4n) is 2.83. The molecule has 1 amide bonds. The minimum atomic E-state index is -0.523. The molecular weight excluding hydrogens is 472 g/mol. The SMILES string of the molecule is COc1ccc(NC(=O)/C(C#N)=C/c2ccc(OC)cc2OCc2ccccc2Br)cc1. The molecule has 0 fully saturated rings. The average Bonchev–Trinajstić information content (AvgIpc) is 2.82. The molecule has 0 radical (unpaired) electrons. The third-order valence-corrected chi connectivity index (χ3v) is 5.35. The summed E-state index contributed by atoms with van der Waals surface area (Å²) in [5.74, 6) is 1.24. The van der Waals surface area contributed by atoms with Crippen LogP contribution in [0.1, 0.15) is 11.1 Å². The Labute approximate surface area is 195 Å². The Morgan fingerprint density at radius 1 is 1.03 bits per heavy atom. The van der Waals surface area contributed by atoms with E-state index >= 15 is 0 Å². The first-order chi connectivity index (χ1) is 15.5. The summed E-state index contributed by atoms with van der Waals surface area (Å²) in [6.07, 6.45) is 1.49. The van der Waals surface area contributed by atoms with Gasteiger partial charge < -0.3 is 19.5 Å². The lowest BCUT2D eigenvalue weighted by Gasteiger charge is -2.12. The molecule has 7 heteroatoms. The van der Waals surface area contributed by atoms with Crippen molar-refractivity contribution in [3.05, 3.63) is 87.9 Å². The van der Waals surface area contributed by atoms with Gasteiger partial charge in [0.15, 0.2) is 0 Å². The zero-order valence-corrected chi connectivity index (χ0v) is 19.2.